The molecule has 0 N–H and O–H groups in total. The largest absolute Gasteiger partial charge is 0.491 e. The van der Waals surface area contributed by atoms with Crippen LogP contribution in [0.3, 0.4) is 0 Å². The van der Waals surface area contributed by atoms with E-state index in [1.807, 2.05) is 48.9 Å². The highest BCUT2D eigenvalue weighted by molar-refractivity contribution is 5.54. The minimum absolute atomic E-state index is 0.0727. The first kappa shape index (κ1) is 33.6. The van der Waals surface area contributed by atoms with Crippen molar-refractivity contribution in [2.75, 3.05) is 49.2 Å². The van der Waals surface area contributed by atoms with E-state index in [1.165, 1.54) is 11.3 Å². The van der Waals surface area contributed by atoms with Crippen molar-refractivity contribution in [3.05, 3.63) is 119 Å². The Morgan fingerprint density at radius 1 is 0.860 bits per heavy atom. The zero-order valence-corrected chi connectivity index (χ0v) is 29.4. The molecule has 3 aromatic carbocycles. The highest BCUT2D eigenvalue weighted by atomic mass is 16.8. The van der Waals surface area contributed by atoms with E-state index in [1.54, 1.807) is 21.8 Å². The van der Waals surface area contributed by atoms with Crippen LogP contribution in [0.2, 0.25) is 0 Å². The van der Waals surface area contributed by atoms with Crippen LogP contribution in [0.1, 0.15) is 50.1 Å². The van der Waals surface area contributed by atoms with Crippen LogP contribution in [-0.2, 0) is 28.2 Å². The van der Waals surface area contributed by atoms with E-state index in [-0.39, 0.29) is 17.8 Å². The standard InChI is InChI=1S/C39H47N7O4/c1-5-29(3)46-38(47)44(28-41-46)35-13-11-33(12-14-35)42-21-23-43(24-22-42)34-15-17-36(18-16-34)48-25-37-26-49-39(50-37,27-45-30(4)19-20-40-45)32-9-7-31(6-2)8-10-32/h7-20,28-29,37H,5-6,21-27H2,1-4H3. The third kappa shape index (κ3) is 6.93. The first-order chi connectivity index (χ1) is 24.4. The molecule has 11 heteroatoms. The van der Waals surface area contributed by atoms with Gasteiger partial charge in [0.1, 0.15) is 24.8 Å². The molecule has 11 nitrogen and oxygen atoms in total. The summed E-state index contributed by atoms with van der Waals surface area (Å²) in [4.78, 5) is 17.6. The maximum absolute atomic E-state index is 12.8. The van der Waals surface area contributed by atoms with E-state index < -0.39 is 5.79 Å². The number of benzene rings is 3. The number of piperazine rings is 1. The van der Waals surface area contributed by atoms with Crippen LogP contribution in [0.15, 0.2) is 96.2 Å². The zero-order valence-electron chi connectivity index (χ0n) is 29.4. The number of ether oxygens (including phenoxy) is 3. The van der Waals surface area contributed by atoms with Crippen LogP contribution in [0, 0.1) is 6.92 Å². The molecule has 2 fully saturated rings. The topological polar surface area (TPSA) is 91.8 Å². The normalized spacial score (nSPS) is 20.0. The zero-order chi connectivity index (χ0) is 34.7. The SMILES string of the molecule is CCc1ccc(C2(Cn3nccc3C)OCC(COc3ccc(N4CCN(c5ccc(-n6cnn(C(C)CC)c6=O)cc5)CC4)cc3)O2)cc1. The molecule has 50 heavy (non-hydrogen) atoms. The molecule has 2 aliphatic heterocycles. The second-order valence-electron chi connectivity index (χ2n) is 13.3. The van der Waals surface area contributed by atoms with Crippen LogP contribution in [-0.4, -0.2) is 69.6 Å². The molecule has 3 atom stereocenters. The van der Waals surface area contributed by atoms with Gasteiger partial charge in [-0.25, -0.2) is 14.0 Å². The lowest BCUT2D eigenvalue weighted by molar-refractivity contribution is -0.191. The summed E-state index contributed by atoms with van der Waals surface area (Å²) in [6, 6.07) is 27.0. The summed E-state index contributed by atoms with van der Waals surface area (Å²) in [6.07, 6.45) is 5.03. The fourth-order valence-electron chi connectivity index (χ4n) is 6.69. The van der Waals surface area contributed by atoms with Crippen molar-refractivity contribution in [1.82, 2.24) is 24.1 Å². The molecule has 4 heterocycles. The quantitative estimate of drug-likeness (QED) is 0.165. The minimum atomic E-state index is -0.929. The lowest BCUT2D eigenvalue weighted by Crippen LogP contribution is -2.46. The van der Waals surface area contributed by atoms with Gasteiger partial charge >= 0.3 is 5.69 Å². The summed E-state index contributed by atoms with van der Waals surface area (Å²) in [5.74, 6) is -0.125. The summed E-state index contributed by atoms with van der Waals surface area (Å²) >= 11 is 0. The fraction of sp³-hybridized carbons (Fsp3) is 0.410. The smallest absolute Gasteiger partial charge is 0.350 e. The molecule has 2 aliphatic rings. The minimum Gasteiger partial charge on any atom is -0.491 e. The number of aromatic nitrogens is 5. The molecule has 0 spiro atoms. The van der Waals surface area contributed by atoms with Gasteiger partial charge in [0.05, 0.1) is 24.9 Å². The molecule has 262 valence electrons. The molecule has 3 unspecified atom stereocenters. The molecule has 0 radical (unpaired) electrons. The van der Waals surface area contributed by atoms with Crippen molar-refractivity contribution in [2.24, 2.45) is 0 Å². The molecule has 5 aromatic rings. The van der Waals surface area contributed by atoms with Crippen molar-refractivity contribution < 1.29 is 14.2 Å². The Morgan fingerprint density at radius 3 is 2.10 bits per heavy atom. The van der Waals surface area contributed by atoms with Gasteiger partial charge < -0.3 is 24.0 Å². The lowest BCUT2D eigenvalue weighted by atomic mass is 10.0. The first-order valence-corrected chi connectivity index (χ1v) is 17.7. The highest BCUT2D eigenvalue weighted by Gasteiger charge is 2.44. The average molecular weight is 678 g/mol. The fourth-order valence-corrected chi connectivity index (χ4v) is 6.69. The van der Waals surface area contributed by atoms with Gasteiger partial charge in [-0.15, -0.1) is 0 Å². The number of hydrogen-bond acceptors (Lipinski definition) is 8. The Kier molecular flexibility index (Phi) is 9.78. The third-order valence-corrected chi connectivity index (χ3v) is 10.1. The van der Waals surface area contributed by atoms with Gasteiger partial charge in [-0.3, -0.25) is 4.68 Å². The highest BCUT2D eigenvalue weighted by Crippen LogP contribution is 2.37. The number of hydrogen-bond donors (Lipinski definition) is 0. The summed E-state index contributed by atoms with van der Waals surface area (Å²) in [5, 5.41) is 8.81. The van der Waals surface area contributed by atoms with Crippen LogP contribution >= 0.6 is 0 Å². The predicted molar refractivity (Wildman–Crippen MR) is 194 cm³/mol. The van der Waals surface area contributed by atoms with E-state index in [4.69, 9.17) is 14.2 Å². The van der Waals surface area contributed by atoms with Crippen molar-refractivity contribution in [1.29, 1.82) is 0 Å². The van der Waals surface area contributed by atoms with Crippen molar-refractivity contribution >= 4 is 11.4 Å². The average Bonchev–Trinajstić information content (AvgIpc) is 3.89. The van der Waals surface area contributed by atoms with E-state index in [2.05, 4.69) is 82.4 Å². The predicted octanol–water partition coefficient (Wildman–Crippen LogP) is 5.75. The molecule has 0 bridgehead atoms. The van der Waals surface area contributed by atoms with E-state index in [9.17, 15) is 4.79 Å². The number of anilines is 2. The van der Waals surface area contributed by atoms with Gasteiger partial charge in [0.25, 0.3) is 0 Å². The number of aryl methyl sites for hydroxylation is 2. The lowest BCUT2D eigenvalue weighted by Gasteiger charge is -2.37. The number of nitrogens with zero attached hydrogens (tertiary/aromatic N) is 7. The van der Waals surface area contributed by atoms with Gasteiger partial charge in [0, 0.05) is 55.0 Å². The van der Waals surface area contributed by atoms with Crippen LogP contribution < -0.4 is 20.2 Å². The molecule has 0 aliphatic carbocycles. The van der Waals surface area contributed by atoms with E-state index in [0.29, 0.717) is 19.8 Å². The van der Waals surface area contributed by atoms with E-state index in [0.717, 1.165) is 67.4 Å². The summed E-state index contributed by atoms with van der Waals surface area (Å²) in [7, 11) is 0. The van der Waals surface area contributed by atoms with Gasteiger partial charge in [-0.1, -0.05) is 38.1 Å². The third-order valence-electron chi connectivity index (χ3n) is 10.1. The van der Waals surface area contributed by atoms with Gasteiger partial charge in [0.2, 0.25) is 5.79 Å². The van der Waals surface area contributed by atoms with Gasteiger partial charge in [-0.05, 0) is 86.8 Å². The Balaban J connectivity index is 0.924. The summed E-state index contributed by atoms with van der Waals surface area (Å²) in [6.45, 7) is 13.2. The second kappa shape index (κ2) is 14.5. The summed E-state index contributed by atoms with van der Waals surface area (Å²) in [5.41, 5.74) is 6.36. The monoisotopic (exact) mass is 677 g/mol. The van der Waals surface area contributed by atoms with Crippen molar-refractivity contribution in [3.63, 3.8) is 0 Å². The molecular weight excluding hydrogens is 630 g/mol. The summed E-state index contributed by atoms with van der Waals surface area (Å²) < 4.78 is 24.4. The Hall–Kier alpha value is -4.87. The molecule has 0 saturated carbocycles. The van der Waals surface area contributed by atoms with Gasteiger partial charge in [-0.2, -0.15) is 10.2 Å². The molecular formula is C39H47N7O4. The maximum atomic E-state index is 12.8. The second-order valence-corrected chi connectivity index (χ2v) is 13.3. The van der Waals surface area contributed by atoms with Crippen molar-refractivity contribution in [2.45, 2.75) is 65.0 Å². The molecule has 0 amide bonds. The van der Waals surface area contributed by atoms with Crippen molar-refractivity contribution in [3.8, 4) is 11.4 Å². The van der Waals surface area contributed by atoms with E-state index >= 15 is 0 Å². The van der Waals surface area contributed by atoms with Gasteiger partial charge in [0.15, 0.2) is 0 Å². The van der Waals surface area contributed by atoms with Crippen LogP contribution in [0.5, 0.6) is 5.75 Å². The Morgan fingerprint density at radius 2 is 1.50 bits per heavy atom. The Labute approximate surface area is 293 Å². The van der Waals surface area contributed by atoms with Crippen LogP contribution in [0.4, 0.5) is 11.4 Å². The molecule has 7 rings (SSSR count). The molecule has 2 saturated heterocycles. The first-order valence-electron chi connectivity index (χ1n) is 17.7. The number of rotatable bonds is 12. The van der Waals surface area contributed by atoms with Crippen LogP contribution in [0.25, 0.3) is 5.69 Å². The molecule has 2 aromatic heterocycles. The maximum Gasteiger partial charge on any atom is 0.350 e. The Bertz CT molecular complexity index is 1910.